The first-order valence-electron chi connectivity index (χ1n) is 14.9. The van der Waals surface area contributed by atoms with Gasteiger partial charge in [0.1, 0.15) is 0 Å². The lowest BCUT2D eigenvalue weighted by molar-refractivity contribution is 0.476. The zero-order valence-electron chi connectivity index (χ0n) is 22.5. The van der Waals surface area contributed by atoms with Gasteiger partial charge in [-0.3, -0.25) is 0 Å². The second-order valence-corrected chi connectivity index (χ2v) is 11.9. The molecule has 0 amide bonds. The van der Waals surface area contributed by atoms with Gasteiger partial charge in [-0.2, -0.15) is 0 Å². The van der Waals surface area contributed by atoms with Crippen molar-refractivity contribution in [2.45, 2.75) is 56.4 Å². The summed E-state index contributed by atoms with van der Waals surface area (Å²) >= 11 is 0. The summed E-state index contributed by atoms with van der Waals surface area (Å²) in [5.74, 6) is 1.06. The Morgan fingerprint density at radius 2 is 1.31 bits per heavy atom. The summed E-state index contributed by atoms with van der Waals surface area (Å²) in [6.07, 6.45) is 19.5. The zero-order chi connectivity index (χ0) is 25.8. The third-order valence-electron chi connectivity index (χ3n) is 9.81. The van der Waals surface area contributed by atoms with Crippen LogP contribution in [0.2, 0.25) is 0 Å². The Balaban J connectivity index is 1.43. The Bertz CT molecular complexity index is 1600. The van der Waals surface area contributed by atoms with Crippen molar-refractivity contribution in [2.24, 2.45) is 0 Å². The standard InChI is InChI=1S/C38H35N/c1-3-7-26(8-4-1)31-17-15-29-23-25-11-12-30(24-36(29)39-22-21-25)37-34(31)19-20-35-32(27-9-5-2-6-10-27)16-13-28-14-18-33(28)38(35)37/h1-10,13,15-17,19-20,23,30,33,36,39H,11-12,14,18,21-22,24H2/b29-15-,31-17-. The molecule has 0 radical (unpaired) electrons. The molecule has 0 saturated heterocycles. The molecule has 1 nitrogen and oxygen atoms in total. The molecule has 3 aromatic carbocycles. The molecule has 0 aromatic heterocycles. The van der Waals surface area contributed by atoms with E-state index in [4.69, 9.17) is 0 Å². The van der Waals surface area contributed by atoms with Crippen molar-refractivity contribution in [3.05, 3.63) is 153 Å². The van der Waals surface area contributed by atoms with Gasteiger partial charge in [0.25, 0.3) is 0 Å². The Kier molecular flexibility index (Phi) is 5.66. The van der Waals surface area contributed by atoms with Crippen molar-refractivity contribution in [3.63, 3.8) is 0 Å². The lowest BCUT2D eigenvalue weighted by Gasteiger charge is -2.37. The van der Waals surface area contributed by atoms with Gasteiger partial charge in [-0.25, -0.2) is 0 Å². The number of fused-ring (bicyclic) bond motifs is 7. The van der Waals surface area contributed by atoms with Crippen molar-refractivity contribution in [1.82, 2.24) is 5.32 Å². The maximum atomic E-state index is 3.95. The van der Waals surface area contributed by atoms with E-state index in [1.807, 2.05) is 0 Å². The predicted molar refractivity (Wildman–Crippen MR) is 163 cm³/mol. The minimum atomic E-state index is 0.411. The van der Waals surface area contributed by atoms with E-state index >= 15 is 0 Å². The number of nitrogens with one attached hydrogen (secondary N) is 1. The van der Waals surface area contributed by atoms with Gasteiger partial charge in [-0.1, -0.05) is 114 Å². The highest BCUT2D eigenvalue weighted by Crippen LogP contribution is 2.53. The van der Waals surface area contributed by atoms with E-state index in [0.29, 0.717) is 17.9 Å². The van der Waals surface area contributed by atoms with Crippen LogP contribution in [-0.2, 0) is 0 Å². The Morgan fingerprint density at radius 1 is 0.615 bits per heavy atom. The molecular formula is C38H35N. The third kappa shape index (κ3) is 3.95. The van der Waals surface area contributed by atoms with Crippen LogP contribution in [0.5, 0.6) is 0 Å². The first kappa shape index (κ1) is 23.2. The smallest absolute Gasteiger partial charge is 0.0326 e. The molecule has 3 atom stereocenters. The first-order valence-corrected chi connectivity index (χ1v) is 14.9. The summed E-state index contributed by atoms with van der Waals surface area (Å²) in [7, 11) is 0. The zero-order valence-corrected chi connectivity index (χ0v) is 22.5. The maximum Gasteiger partial charge on any atom is 0.0326 e. The Morgan fingerprint density at radius 3 is 2.00 bits per heavy atom. The van der Waals surface area contributed by atoms with E-state index in [1.54, 1.807) is 22.3 Å². The number of allylic oxidation sites excluding steroid dienone is 5. The van der Waals surface area contributed by atoms with Gasteiger partial charge < -0.3 is 5.32 Å². The second kappa shape index (κ2) is 9.50. The largest absolute Gasteiger partial charge is 0.310 e. The average Bonchev–Trinajstić information content (AvgIpc) is 3.13. The molecule has 39 heavy (non-hydrogen) atoms. The molecule has 1 heteroatoms. The predicted octanol–water partition coefficient (Wildman–Crippen LogP) is 8.86. The molecule has 4 aliphatic carbocycles. The highest BCUT2D eigenvalue weighted by Gasteiger charge is 2.37. The molecule has 1 aliphatic heterocycles. The lowest BCUT2D eigenvalue weighted by Crippen LogP contribution is -2.32. The SMILES string of the molecule is C1=C2CCNC3CC(CC2)c2c(ccc4c2C2CCC2=CC=C4c2ccccc2)/C(c2ccccc2)=C\C=C\13. The highest BCUT2D eigenvalue weighted by atomic mass is 14.9. The van der Waals surface area contributed by atoms with Crippen LogP contribution in [0.4, 0.5) is 0 Å². The topological polar surface area (TPSA) is 12.0 Å². The van der Waals surface area contributed by atoms with Crippen LogP contribution in [0, 0.1) is 0 Å². The Hall–Kier alpha value is -3.68. The monoisotopic (exact) mass is 505 g/mol. The fraction of sp³-hybridized carbons (Fsp3) is 0.263. The fourth-order valence-electron chi connectivity index (χ4n) is 7.73. The van der Waals surface area contributed by atoms with Crippen molar-refractivity contribution in [1.29, 1.82) is 0 Å². The van der Waals surface area contributed by atoms with Gasteiger partial charge in [0.2, 0.25) is 0 Å². The minimum Gasteiger partial charge on any atom is -0.310 e. The minimum absolute atomic E-state index is 0.411. The summed E-state index contributed by atoms with van der Waals surface area (Å²) in [6.45, 7) is 1.09. The van der Waals surface area contributed by atoms with Gasteiger partial charge in [0, 0.05) is 12.0 Å². The molecule has 5 aliphatic rings. The molecule has 1 heterocycles. The number of rotatable bonds is 2. The summed E-state index contributed by atoms with van der Waals surface area (Å²) in [5.41, 5.74) is 16.2. The van der Waals surface area contributed by atoms with Crippen LogP contribution in [0.25, 0.3) is 11.1 Å². The highest BCUT2D eigenvalue weighted by molar-refractivity contribution is 5.89. The van der Waals surface area contributed by atoms with Crippen LogP contribution in [0.1, 0.15) is 83.7 Å². The Labute approximate surface area is 232 Å². The van der Waals surface area contributed by atoms with Crippen molar-refractivity contribution < 1.29 is 0 Å². The van der Waals surface area contributed by atoms with Gasteiger partial charge >= 0.3 is 0 Å². The normalized spacial score (nSPS) is 27.8. The molecule has 3 unspecified atom stereocenters. The molecule has 1 N–H and O–H groups in total. The van der Waals surface area contributed by atoms with Gasteiger partial charge in [0.05, 0.1) is 0 Å². The third-order valence-corrected chi connectivity index (χ3v) is 9.81. The van der Waals surface area contributed by atoms with Crippen LogP contribution in [0.15, 0.2) is 120 Å². The van der Waals surface area contributed by atoms with Crippen LogP contribution in [0.3, 0.4) is 0 Å². The van der Waals surface area contributed by atoms with Gasteiger partial charge in [-0.15, -0.1) is 0 Å². The summed E-state index contributed by atoms with van der Waals surface area (Å²) < 4.78 is 0. The number of hydrogen-bond acceptors (Lipinski definition) is 1. The summed E-state index contributed by atoms with van der Waals surface area (Å²) in [6, 6.07) is 27.5. The maximum absolute atomic E-state index is 3.95. The molecule has 192 valence electrons. The number of benzene rings is 3. The molecule has 0 spiro atoms. The van der Waals surface area contributed by atoms with E-state index in [-0.39, 0.29) is 0 Å². The van der Waals surface area contributed by atoms with Crippen LogP contribution in [-0.4, -0.2) is 12.6 Å². The quantitative estimate of drug-likeness (QED) is 0.367. The fourth-order valence-corrected chi connectivity index (χ4v) is 7.73. The summed E-state index contributed by atoms with van der Waals surface area (Å²) in [4.78, 5) is 0. The van der Waals surface area contributed by atoms with E-state index in [1.165, 1.54) is 77.5 Å². The van der Waals surface area contributed by atoms with Crippen LogP contribution >= 0.6 is 0 Å². The van der Waals surface area contributed by atoms with Crippen molar-refractivity contribution in [2.75, 3.05) is 6.54 Å². The molecule has 1 saturated carbocycles. The summed E-state index contributed by atoms with van der Waals surface area (Å²) in [5, 5.41) is 3.95. The second-order valence-electron chi connectivity index (χ2n) is 11.9. The van der Waals surface area contributed by atoms with E-state index in [2.05, 4.69) is 108 Å². The first-order chi connectivity index (χ1) is 19.3. The lowest BCUT2D eigenvalue weighted by atomic mass is 9.67. The molecule has 1 fully saturated rings. The molecular weight excluding hydrogens is 470 g/mol. The van der Waals surface area contributed by atoms with E-state index < -0.39 is 0 Å². The van der Waals surface area contributed by atoms with Gasteiger partial charge in [0.15, 0.2) is 0 Å². The van der Waals surface area contributed by atoms with Crippen LogP contribution < -0.4 is 5.32 Å². The van der Waals surface area contributed by atoms with Gasteiger partial charge in [-0.05, 0) is 101 Å². The average molecular weight is 506 g/mol. The van der Waals surface area contributed by atoms with Crippen molar-refractivity contribution >= 4 is 11.1 Å². The van der Waals surface area contributed by atoms with Crippen molar-refractivity contribution in [3.8, 4) is 0 Å². The van der Waals surface area contributed by atoms with E-state index in [0.717, 1.165) is 6.54 Å². The van der Waals surface area contributed by atoms with E-state index in [9.17, 15) is 0 Å². The number of hydrogen-bond donors (Lipinski definition) is 1. The molecule has 4 bridgehead atoms. The molecule has 8 rings (SSSR count). The molecule has 3 aromatic rings.